The zero-order valence-corrected chi connectivity index (χ0v) is 7.74. The predicted molar refractivity (Wildman–Crippen MR) is 43.8 cm³/mol. The largest absolute Gasteiger partial charge is 0.229 e. The van der Waals surface area contributed by atoms with Crippen molar-refractivity contribution in [1.29, 1.82) is 0 Å². The molecule has 0 saturated carbocycles. The zero-order chi connectivity index (χ0) is 8.20. The highest BCUT2D eigenvalue weighted by Crippen LogP contribution is 2.01. The van der Waals surface area contributed by atoms with E-state index in [2.05, 4.69) is 0 Å². The summed E-state index contributed by atoms with van der Waals surface area (Å²) in [6, 6.07) is 0. The fourth-order valence-corrected chi connectivity index (χ4v) is 2.71. The van der Waals surface area contributed by atoms with Gasteiger partial charge in [-0.2, -0.15) is 0 Å². The van der Waals surface area contributed by atoms with Crippen LogP contribution in [-0.2, 0) is 9.84 Å². The van der Waals surface area contributed by atoms with Gasteiger partial charge in [0.05, 0.1) is 5.75 Å². The van der Waals surface area contributed by atoms with E-state index in [0.717, 1.165) is 6.42 Å². The molecule has 0 aliphatic heterocycles. The van der Waals surface area contributed by atoms with Crippen molar-refractivity contribution in [3.05, 3.63) is 0 Å². The standard InChI is InChI=1S/C7H16O2S/c1-4-5-10(8,9)6-7(2)3/h7H,4-6H2,1-3H3. The molecule has 0 heterocycles. The first kappa shape index (κ1) is 9.95. The van der Waals surface area contributed by atoms with Crippen LogP contribution in [0.15, 0.2) is 0 Å². The molecule has 0 aliphatic rings. The Morgan fingerprint density at radius 3 is 2.10 bits per heavy atom. The van der Waals surface area contributed by atoms with Gasteiger partial charge in [0.25, 0.3) is 0 Å². The summed E-state index contributed by atoms with van der Waals surface area (Å²) in [6.45, 7) is 5.73. The molecule has 0 atom stereocenters. The summed E-state index contributed by atoms with van der Waals surface area (Å²) in [7, 11) is -2.73. The third kappa shape index (κ3) is 4.79. The van der Waals surface area contributed by atoms with Crippen molar-refractivity contribution in [2.45, 2.75) is 27.2 Å². The van der Waals surface area contributed by atoms with Gasteiger partial charge >= 0.3 is 0 Å². The predicted octanol–water partition coefficient (Wildman–Crippen LogP) is 1.47. The van der Waals surface area contributed by atoms with E-state index < -0.39 is 9.84 Å². The topological polar surface area (TPSA) is 34.1 Å². The van der Waals surface area contributed by atoms with Gasteiger partial charge in [-0.25, -0.2) is 8.42 Å². The molecule has 0 unspecified atom stereocenters. The van der Waals surface area contributed by atoms with E-state index in [9.17, 15) is 8.42 Å². The maximum Gasteiger partial charge on any atom is 0.150 e. The highest BCUT2D eigenvalue weighted by molar-refractivity contribution is 7.91. The number of sulfone groups is 1. The highest BCUT2D eigenvalue weighted by Gasteiger charge is 2.10. The van der Waals surface area contributed by atoms with Crippen molar-refractivity contribution in [2.24, 2.45) is 5.92 Å². The van der Waals surface area contributed by atoms with Gasteiger partial charge < -0.3 is 0 Å². The maximum absolute atomic E-state index is 11.0. The maximum atomic E-state index is 11.0. The Hall–Kier alpha value is -0.0500. The van der Waals surface area contributed by atoms with Crippen LogP contribution in [0.3, 0.4) is 0 Å². The quantitative estimate of drug-likeness (QED) is 0.630. The van der Waals surface area contributed by atoms with Crippen molar-refractivity contribution < 1.29 is 8.42 Å². The lowest BCUT2D eigenvalue weighted by Crippen LogP contribution is -2.14. The Morgan fingerprint density at radius 1 is 1.30 bits per heavy atom. The van der Waals surface area contributed by atoms with E-state index in [-0.39, 0.29) is 5.92 Å². The van der Waals surface area contributed by atoms with Crippen LogP contribution >= 0.6 is 0 Å². The van der Waals surface area contributed by atoms with Gasteiger partial charge in [0.1, 0.15) is 0 Å². The molecule has 0 bridgehead atoms. The van der Waals surface area contributed by atoms with Crippen LogP contribution in [0.4, 0.5) is 0 Å². The van der Waals surface area contributed by atoms with Crippen LogP contribution < -0.4 is 0 Å². The van der Waals surface area contributed by atoms with Crippen LogP contribution in [0.2, 0.25) is 0 Å². The van der Waals surface area contributed by atoms with Crippen LogP contribution in [0.5, 0.6) is 0 Å². The summed E-state index contributed by atoms with van der Waals surface area (Å²) in [6.07, 6.45) is 0.731. The molecule has 10 heavy (non-hydrogen) atoms. The van der Waals surface area contributed by atoms with Crippen LogP contribution in [0, 0.1) is 5.92 Å². The van der Waals surface area contributed by atoms with Crippen LogP contribution in [0.1, 0.15) is 27.2 Å². The van der Waals surface area contributed by atoms with Gasteiger partial charge in [0, 0.05) is 5.75 Å². The fraction of sp³-hybridized carbons (Fsp3) is 1.00. The van der Waals surface area contributed by atoms with Crippen LogP contribution in [0.25, 0.3) is 0 Å². The van der Waals surface area contributed by atoms with E-state index in [1.807, 2.05) is 20.8 Å². The number of hydrogen-bond acceptors (Lipinski definition) is 2. The number of rotatable bonds is 4. The molecule has 0 rings (SSSR count). The summed E-state index contributed by atoms with van der Waals surface area (Å²) in [5.74, 6) is 0.933. The molecule has 0 saturated heterocycles. The van der Waals surface area contributed by atoms with Crippen molar-refractivity contribution in [2.75, 3.05) is 11.5 Å². The molecule has 0 spiro atoms. The van der Waals surface area contributed by atoms with Crippen molar-refractivity contribution in [3.63, 3.8) is 0 Å². The van der Waals surface area contributed by atoms with E-state index in [0.29, 0.717) is 11.5 Å². The first-order valence-electron chi connectivity index (χ1n) is 3.68. The zero-order valence-electron chi connectivity index (χ0n) is 6.92. The molecule has 0 aromatic rings. The van der Waals surface area contributed by atoms with Gasteiger partial charge in [-0.15, -0.1) is 0 Å². The highest BCUT2D eigenvalue weighted by atomic mass is 32.2. The molecule has 2 nitrogen and oxygen atoms in total. The van der Waals surface area contributed by atoms with Gasteiger partial charge in [0.2, 0.25) is 0 Å². The summed E-state index contributed by atoms with van der Waals surface area (Å²) < 4.78 is 22.1. The average molecular weight is 164 g/mol. The SMILES string of the molecule is CCCS(=O)(=O)CC(C)C. The minimum Gasteiger partial charge on any atom is -0.229 e. The second kappa shape index (κ2) is 3.96. The van der Waals surface area contributed by atoms with Crippen molar-refractivity contribution >= 4 is 9.84 Å². The molecule has 3 heteroatoms. The van der Waals surface area contributed by atoms with Crippen molar-refractivity contribution in [3.8, 4) is 0 Å². The fourth-order valence-electron chi connectivity index (χ4n) is 0.902. The Kier molecular flexibility index (Phi) is 3.94. The minimum atomic E-state index is -2.73. The average Bonchev–Trinajstić information content (AvgIpc) is 1.59. The van der Waals surface area contributed by atoms with E-state index in [1.54, 1.807) is 0 Å². The summed E-state index contributed by atoms with van der Waals surface area (Å²) in [5, 5.41) is 0. The lowest BCUT2D eigenvalue weighted by atomic mass is 10.3. The smallest absolute Gasteiger partial charge is 0.150 e. The first-order valence-corrected chi connectivity index (χ1v) is 5.50. The Labute approximate surface area is 63.6 Å². The first-order chi connectivity index (χ1) is 4.48. The molecule has 0 radical (unpaired) electrons. The molecular weight excluding hydrogens is 148 g/mol. The molecule has 0 aromatic heterocycles. The lowest BCUT2D eigenvalue weighted by molar-refractivity contribution is 0.581. The van der Waals surface area contributed by atoms with Crippen molar-refractivity contribution in [1.82, 2.24) is 0 Å². The summed E-state index contributed by atoms with van der Waals surface area (Å²) in [4.78, 5) is 0. The van der Waals surface area contributed by atoms with Gasteiger partial charge in [-0.05, 0) is 12.3 Å². The monoisotopic (exact) mass is 164 g/mol. The van der Waals surface area contributed by atoms with Gasteiger partial charge in [-0.3, -0.25) is 0 Å². The van der Waals surface area contributed by atoms with E-state index in [1.165, 1.54) is 0 Å². The molecule has 0 amide bonds. The molecular formula is C7H16O2S. The van der Waals surface area contributed by atoms with Crippen LogP contribution in [-0.4, -0.2) is 19.9 Å². The van der Waals surface area contributed by atoms with Gasteiger partial charge in [-0.1, -0.05) is 20.8 Å². The van der Waals surface area contributed by atoms with E-state index >= 15 is 0 Å². The Morgan fingerprint density at radius 2 is 1.80 bits per heavy atom. The minimum absolute atomic E-state index is 0.261. The normalized spacial score (nSPS) is 12.4. The summed E-state index contributed by atoms with van der Waals surface area (Å²) in [5.41, 5.74) is 0. The molecule has 0 aromatic carbocycles. The number of hydrogen-bond donors (Lipinski definition) is 0. The molecule has 0 N–H and O–H groups in total. The second-order valence-corrected chi connectivity index (χ2v) is 5.24. The second-order valence-electron chi connectivity index (χ2n) is 3.01. The summed E-state index contributed by atoms with van der Waals surface area (Å²) >= 11 is 0. The molecule has 0 aliphatic carbocycles. The molecule has 62 valence electrons. The van der Waals surface area contributed by atoms with Gasteiger partial charge in [0.15, 0.2) is 9.84 Å². The molecule has 0 fully saturated rings. The third-order valence-electron chi connectivity index (χ3n) is 1.10. The van der Waals surface area contributed by atoms with E-state index in [4.69, 9.17) is 0 Å². The Bertz CT molecular complexity index is 168. The Balaban J connectivity index is 3.89. The third-order valence-corrected chi connectivity index (χ3v) is 3.31. The lowest BCUT2D eigenvalue weighted by Gasteiger charge is -2.04.